The molecule has 0 atom stereocenters. The number of unbranched alkanes of at least 4 members (excludes halogenated alkanes) is 1. The summed E-state index contributed by atoms with van der Waals surface area (Å²) in [5.41, 5.74) is 5.99. The van der Waals surface area contributed by atoms with Crippen LogP contribution >= 0.6 is 23.7 Å². The van der Waals surface area contributed by atoms with Crippen molar-refractivity contribution in [3.63, 3.8) is 0 Å². The zero-order valence-corrected chi connectivity index (χ0v) is 11.9. The highest BCUT2D eigenvalue weighted by atomic mass is 35.5. The zero-order valence-electron chi connectivity index (χ0n) is 10.3. The quantitative estimate of drug-likeness (QED) is 0.864. The minimum Gasteiger partial charge on any atom is -0.340 e. The van der Waals surface area contributed by atoms with Gasteiger partial charge in [0.25, 0.3) is 5.91 Å². The molecule has 0 aliphatic heterocycles. The monoisotopic (exact) mass is 277 g/mol. The number of amides is 1. The molecule has 0 aromatic carbocycles. The Bertz CT molecular complexity index is 343. The Morgan fingerprint density at radius 2 is 2.29 bits per heavy atom. The number of carbonyl (C=O) groups is 1. The summed E-state index contributed by atoms with van der Waals surface area (Å²) in [6.07, 6.45) is 2.87. The molecule has 4 nitrogen and oxygen atoms in total. The van der Waals surface area contributed by atoms with Gasteiger partial charge in [0.15, 0.2) is 0 Å². The van der Waals surface area contributed by atoms with Crippen LogP contribution in [-0.4, -0.2) is 35.9 Å². The number of carbonyl (C=O) groups excluding carboxylic acids is 1. The second kappa shape index (κ2) is 8.44. The molecule has 1 aromatic rings. The Morgan fingerprint density at radius 1 is 1.59 bits per heavy atom. The van der Waals surface area contributed by atoms with Gasteiger partial charge < -0.3 is 10.6 Å². The fourth-order valence-electron chi connectivity index (χ4n) is 1.34. The van der Waals surface area contributed by atoms with Crippen molar-refractivity contribution in [1.29, 1.82) is 0 Å². The molecule has 0 spiro atoms. The number of aromatic nitrogens is 1. The maximum absolute atomic E-state index is 11.9. The molecule has 0 aliphatic rings. The second-order valence-electron chi connectivity index (χ2n) is 3.75. The summed E-state index contributed by atoms with van der Waals surface area (Å²) in [4.78, 5) is 17.9. The molecule has 0 unspecified atom stereocenters. The van der Waals surface area contributed by atoms with E-state index in [1.165, 1.54) is 11.3 Å². The molecule has 1 amide bonds. The largest absolute Gasteiger partial charge is 0.340 e. The SMILES string of the molecule is CCCCN(C)C(=O)c1csc(CCN)n1.Cl. The molecule has 0 bridgehead atoms. The molecule has 17 heavy (non-hydrogen) atoms. The van der Waals surface area contributed by atoms with E-state index in [1.54, 1.807) is 4.90 Å². The van der Waals surface area contributed by atoms with Gasteiger partial charge in [-0.25, -0.2) is 4.98 Å². The number of hydrogen-bond acceptors (Lipinski definition) is 4. The van der Waals surface area contributed by atoms with E-state index in [2.05, 4.69) is 11.9 Å². The van der Waals surface area contributed by atoms with Gasteiger partial charge in [0.2, 0.25) is 0 Å². The van der Waals surface area contributed by atoms with E-state index in [1.807, 2.05) is 12.4 Å². The zero-order chi connectivity index (χ0) is 12.0. The number of thiazole rings is 1. The summed E-state index contributed by atoms with van der Waals surface area (Å²) in [6.45, 7) is 3.48. The van der Waals surface area contributed by atoms with Gasteiger partial charge in [-0.2, -0.15) is 0 Å². The first kappa shape index (κ1) is 16.4. The van der Waals surface area contributed by atoms with Crippen LogP contribution in [0.25, 0.3) is 0 Å². The average molecular weight is 278 g/mol. The first-order chi connectivity index (χ1) is 7.69. The van der Waals surface area contributed by atoms with Gasteiger partial charge in [0.1, 0.15) is 5.69 Å². The predicted octanol–water partition coefficient (Wildman–Crippen LogP) is 1.94. The van der Waals surface area contributed by atoms with E-state index < -0.39 is 0 Å². The molecular formula is C11H20ClN3OS. The molecular weight excluding hydrogens is 258 g/mol. The summed E-state index contributed by atoms with van der Waals surface area (Å²) < 4.78 is 0. The third-order valence-electron chi connectivity index (χ3n) is 2.32. The van der Waals surface area contributed by atoms with Gasteiger partial charge >= 0.3 is 0 Å². The van der Waals surface area contributed by atoms with Crippen molar-refractivity contribution in [2.75, 3.05) is 20.1 Å². The standard InChI is InChI=1S/C11H19N3OS.ClH/c1-3-4-7-14(2)11(15)9-8-16-10(13-9)5-6-12;/h8H,3-7,12H2,1-2H3;1H. The highest BCUT2D eigenvalue weighted by molar-refractivity contribution is 7.09. The predicted molar refractivity (Wildman–Crippen MR) is 74.0 cm³/mol. The highest BCUT2D eigenvalue weighted by Gasteiger charge is 2.14. The van der Waals surface area contributed by atoms with Crippen molar-refractivity contribution >= 4 is 29.7 Å². The van der Waals surface area contributed by atoms with Crippen molar-refractivity contribution in [2.24, 2.45) is 5.73 Å². The Morgan fingerprint density at radius 3 is 2.88 bits per heavy atom. The van der Waals surface area contributed by atoms with Crippen LogP contribution < -0.4 is 5.73 Å². The van der Waals surface area contributed by atoms with Gasteiger partial charge in [-0.05, 0) is 13.0 Å². The lowest BCUT2D eigenvalue weighted by Gasteiger charge is -2.14. The average Bonchev–Trinajstić information content (AvgIpc) is 2.74. The number of rotatable bonds is 6. The molecule has 0 saturated heterocycles. The van der Waals surface area contributed by atoms with Crippen molar-refractivity contribution in [3.05, 3.63) is 16.1 Å². The van der Waals surface area contributed by atoms with Gasteiger partial charge in [-0.15, -0.1) is 23.7 Å². The Labute approximate surface area is 113 Å². The fourth-order valence-corrected chi connectivity index (χ4v) is 2.13. The molecule has 1 aromatic heterocycles. The van der Waals surface area contributed by atoms with Crippen LogP contribution in [0.1, 0.15) is 35.3 Å². The summed E-state index contributed by atoms with van der Waals surface area (Å²) >= 11 is 1.51. The fraction of sp³-hybridized carbons (Fsp3) is 0.636. The molecule has 98 valence electrons. The maximum atomic E-state index is 11.9. The number of nitrogens with two attached hydrogens (primary N) is 1. The molecule has 0 aliphatic carbocycles. The topological polar surface area (TPSA) is 59.2 Å². The third-order valence-corrected chi connectivity index (χ3v) is 3.23. The van der Waals surface area contributed by atoms with Crippen LogP contribution in [0, 0.1) is 0 Å². The molecule has 6 heteroatoms. The van der Waals surface area contributed by atoms with E-state index >= 15 is 0 Å². The smallest absolute Gasteiger partial charge is 0.273 e. The molecule has 1 heterocycles. The molecule has 0 radical (unpaired) electrons. The maximum Gasteiger partial charge on any atom is 0.273 e. The van der Waals surface area contributed by atoms with E-state index in [4.69, 9.17) is 5.73 Å². The van der Waals surface area contributed by atoms with E-state index in [0.29, 0.717) is 12.2 Å². The van der Waals surface area contributed by atoms with Gasteiger partial charge in [-0.3, -0.25) is 4.79 Å². The lowest BCUT2D eigenvalue weighted by molar-refractivity contribution is 0.0788. The van der Waals surface area contributed by atoms with E-state index in [-0.39, 0.29) is 18.3 Å². The van der Waals surface area contributed by atoms with Crippen molar-refractivity contribution in [1.82, 2.24) is 9.88 Å². The van der Waals surface area contributed by atoms with Gasteiger partial charge in [-0.1, -0.05) is 13.3 Å². The molecule has 1 rings (SSSR count). The minimum absolute atomic E-state index is 0. The molecule has 0 saturated carbocycles. The van der Waals surface area contributed by atoms with Crippen LogP contribution in [0.3, 0.4) is 0 Å². The Hall–Kier alpha value is -0.650. The van der Waals surface area contributed by atoms with Crippen molar-refractivity contribution in [3.8, 4) is 0 Å². The Kier molecular flexibility index (Phi) is 8.12. The summed E-state index contributed by atoms with van der Waals surface area (Å²) in [6, 6.07) is 0. The van der Waals surface area contributed by atoms with Crippen LogP contribution in [-0.2, 0) is 6.42 Å². The first-order valence-corrected chi connectivity index (χ1v) is 6.47. The summed E-state index contributed by atoms with van der Waals surface area (Å²) in [5.74, 6) is 0.00738. The minimum atomic E-state index is 0. The molecule has 2 N–H and O–H groups in total. The Balaban J connectivity index is 0.00000256. The normalized spacial score (nSPS) is 9.82. The van der Waals surface area contributed by atoms with Gasteiger partial charge in [0.05, 0.1) is 5.01 Å². The lowest BCUT2D eigenvalue weighted by atomic mass is 10.3. The number of halogens is 1. The van der Waals surface area contributed by atoms with Crippen molar-refractivity contribution < 1.29 is 4.79 Å². The summed E-state index contributed by atoms with van der Waals surface area (Å²) in [7, 11) is 1.82. The van der Waals surface area contributed by atoms with Gasteiger partial charge in [0, 0.05) is 25.4 Å². The first-order valence-electron chi connectivity index (χ1n) is 5.59. The van der Waals surface area contributed by atoms with Crippen LogP contribution in [0.2, 0.25) is 0 Å². The van der Waals surface area contributed by atoms with Crippen LogP contribution in [0.4, 0.5) is 0 Å². The van der Waals surface area contributed by atoms with Crippen molar-refractivity contribution in [2.45, 2.75) is 26.2 Å². The molecule has 0 fully saturated rings. The third kappa shape index (κ3) is 5.02. The summed E-state index contributed by atoms with van der Waals surface area (Å²) in [5, 5.41) is 2.75. The van der Waals surface area contributed by atoms with E-state index in [9.17, 15) is 4.79 Å². The van der Waals surface area contributed by atoms with Crippen LogP contribution in [0.15, 0.2) is 5.38 Å². The van der Waals surface area contributed by atoms with E-state index in [0.717, 1.165) is 30.8 Å². The van der Waals surface area contributed by atoms with Crippen LogP contribution in [0.5, 0.6) is 0 Å². The number of nitrogens with zero attached hydrogens (tertiary/aromatic N) is 2. The highest BCUT2D eigenvalue weighted by Crippen LogP contribution is 2.12. The number of hydrogen-bond donors (Lipinski definition) is 1. The lowest BCUT2D eigenvalue weighted by Crippen LogP contribution is -2.27. The second-order valence-corrected chi connectivity index (χ2v) is 4.69.